The summed E-state index contributed by atoms with van der Waals surface area (Å²) in [6.45, 7) is -0.204. The monoisotopic (exact) mass is 274 g/mol. The van der Waals surface area contributed by atoms with Gasteiger partial charge in [0, 0.05) is 19.2 Å². The lowest BCUT2D eigenvalue weighted by molar-refractivity contribution is -0.136. The number of rotatable bonds is 4. The Bertz CT molecular complexity index is 419. The molecule has 0 bridgehead atoms. The summed E-state index contributed by atoms with van der Waals surface area (Å²) in [7, 11) is 0. The van der Waals surface area contributed by atoms with E-state index in [1.54, 1.807) is 0 Å². The molecule has 0 radical (unpaired) electrons. The number of ketones is 1. The van der Waals surface area contributed by atoms with Crippen molar-refractivity contribution in [1.29, 1.82) is 0 Å². The van der Waals surface area contributed by atoms with Gasteiger partial charge < -0.3 is 0 Å². The Morgan fingerprint density at radius 3 is 2.33 bits per heavy atom. The van der Waals surface area contributed by atoms with E-state index in [9.17, 15) is 31.1 Å². The van der Waals surface area contributed by atoms with Crippen molar-refractivity contribution in [2.24, 2.45) is 0 Å². The van der Waals surface area contributed by atoms with Crippen LogP contribution in [0.25, 0.3) is 0 Å². The van der Waals surface area contributed by atoms with Gasteiger partial charge in [-0.25, -0.2) is 0 Å². The van der Waals surface area contributed by atoms with Gasteiger partial charge in [0.15, 0.2) is 0 Å². The van der Waals surface area contributed by atoms with Crippen molar-refractivity contribution in [3.05, 3.63) is 18.0 Å². The van der Waals surface area contributed by atoms with Crippen LogP contribution in [0.3, 0.4) is 0 Å². The molecule has 0 N–H and O–H groups in total. The first-order chi connectivity index (χ1) is 8.09. The number of aromatic nitrogens is 2. The van der Waals surface area contributed by atoms with Crippen molar-refractivity contribution < 1.29 is 31.1 Å². The summed E-state index contributed by atoms with van der Waals surface area (Å²) in [5.74, 6) is -2.07. The number of carbonyl (C=O) groups excluding carboxylic acids is 1. The lowest BCUT2D eigenvalue weighted by atomic mass is 10.2. The van der Waals surface area contributed by atoms with Crippen LogP contribution in [0, 0.1) is 0 Å². The van der Waals surface area contributed by atoms with Gasteiger partial charge in [0.2, 0.25) is 0 Å². The summed E-state index contributed by atoms with van der Waals surface area (Å²) >= 11 is 0. The SMILES string of the molecule is O=C(c1cnn(CCCC(F)(F)F)c1)C(F)(F)F. The average molecular weight is 274 g/mol. The van der Waals surface area contributed by atoms with Gasteiger partial charge in [0.05, 0.1) is 11.8 Å². The molecule has 3 nitrogen and oxygen atoms in total. The van der Waals surface area contributed by atoms with Crippen molar-refractivity contribution in [1.82, 2.24) is 9.78 Å². The standard InChI is InChI=1S/C9H8F6N2O/c10-8(11,12)2-1-3-17-5-6(4-16-17)7(18)9(13,14)15/h4-5H,1-3H2. The molecule has 0 aliphatic heterocycles. The first-order valence-corrected chi connectivity index (χ1v) is 4.80. The number of Topliss-reactive ketones (excluding diaryl/α,β-unsaturated/α-hetero) is 1. The van der Waals surface area contributed by atoms with Crippen LogP contribution < -0.4 is 0 Å². The van der Waals surface area contributed by atoms with Crippen molar-refractivity contribution >= 4 is 5.78 Å². The highest BCUT2D eigenvalue weighted by Crippen LogP contribution is 2.23. The van der Waals surface area contributed by atoms with Crippen molar-refractivity contribution in [2.75, 3.05) is 0 Å². The molecule has 0 unspecified atom stereocenters. The Morgan fingerprint density at radius 2 is 1.83 bits per heavy atom. The summed E-state index contributed by atoms with van der Waals surface area (Å²) in [6, 6.07) is 0. The molecular formula is C9H8F6N2O. The van der Waals surface area contributed by atoms with Crippen LogP contribution in [-0.2, 0) is 6.54 Å². The second-order valence-electron chi connectivity index (χ2n) is 3.54. The fourth-order valence-corrected chi connectivity index (χ4v) is 1.21. The third-order valence-electron chi connectivity index (χ3n) is 2.00. The Morgan fingerprint density at radius 1 is 1.22 bits per heavy atom. The van der Waals surface area contributed by atoms with Gasteiger partial charge >= 0.3 is 12.4 Å². The molecule has 1 rings (SSSR count). The molecule has 0 aliphatic carbocycles. The molecule has 0 fully saturated rings. The molecule has 102 valence electrons. The van der Waals surface area contributed by atoms with Gasteiger partial charge in [-0.3, -0.25) is 9.48 Å². The van der Waals surface area contributed by atoms with Crippen LogP contribution >= 0.6 is 0 Å². The molecule has 1 aromatic rings. The van der Waals surface area contributed by atoms with E-state index in [1.165, 1.54) is 0 Å². The number of carbonyl (C=O) groups is 1. The maximum Gasteiger partial charge on any atom is 0.454 e. The van der Waals surface area contributed by atoms with E-state index in [0.717, 1.165) is 10.9 Å². The van der Waals surface area contributed by atoms with Crippen LogP contribution in [0.4, 0.5) is 26.3 Å². The Kier molecular flexibility index (Phi) is 4.02. The number of aryl methyl sites for hydroxylation is 1. The quantitative estimate of drug-likeness (QED) is 0.625. The van der Waals surface area contributed by atoms with Crippen molar-refractivity contribution in [3.8, 4) is 0 Å². The van der Waals surface area contributed by atoms with Crippen LogP contribution in [0.15, 0.2) is 12.4 Å². The Labute approximate surface area is 97.4 Å². The van der Waals surface area contributed by atoms with Gasteiger partial charge in [-0.15, -0.1) is 0 Å². The minimum Gasteiger partial charge on any atom is -0.284 e. The number of hydrogen-bond donors (Lipinski definition) is 0. The average Bonchev–Trinajstić information content (AvgIpc) is 2.61. The van der Waals surface area contributed by atoms with Crippen molar-refractivity contribution in [2.45, 2.75) is 31.7 Å². The topological polar surface area (TPSA) is 34.9 Å². The molecule has 0 saturated heterocycles. The number of halogens is 6. The highest BCUT2D eigenvalue weighted by atomic mass is 19.4. The molecule has 1 heterocycles. The molecule has 0 aromatic carbocycles. The molecule has 18 heavy (non-hydrogen) atoms. The van der Waals surface area contributed by atoms with Gasteiger partial charge in [0.1, 0.15) is 0 Å². The fourth-order valence-electron chi connectivity index (χ4n) is 1.21. The predicted molar refractivity (Wildman–Crippen MR) is 47.9 cm³/mol. The first kappa shape index (κ1) is 14.5. The summed E-state index contributed by atoms with van der Waals surface area (Å²) in [6.07, 6.45) is -9.24. The van der Waals surface area contributed by atoms with Crippen LogP contribution in [0.5, 0.6) is 0 Å². The van der Waals surface area contributed by atoms with Crippen LogP contribution in [-0.4, -0.2) is 27.9 Å². The van der Waals surface area contributed by atoms with Gasteiger partial charge in [-0.2, -0.15) is 31.4 Å². The number of nitrogens with zero attached hydrogens (tertiary/aromatic N) is 2. The van der Waals surface area contributed by atoms with E-state index in [-0.39, 0.29) is 13.0 Å². The largest absolute Gasteiger partial charge is 0.454 e. The molecule has 9 heteroatoms. The maximum absolute atomic E-state index is 12.0. The fraction of sp³-hybridized carbons (Fsp3) is 0.556. The number of hydrogen-bond acceptors (Lipinski definition) is 2. The number of alkyl halides is 6. The van der Waals surface area contributed by atoms with Gasteiger partial charge in [0.25, 0.3) is 5.78 Å². The lowest BCUT2D eigenvalue weighted by Crippen LogP contribution is -2.22. The molecule has 0 atom stereocenters. The van der Waals surface area contributed by atoms with E-state index in [1.807, 2.05) is 0 Å². The molecular weight excluding hydrogens is 266 g/mol. The van der Waals surface area contributed by atoms with E-state index >= 15 is 0 Å². The molecule has 0 amide bonds. The first-order valence-electron chi connectivity index (χ1n) is 4.80. The normalized spacial score (nSPS) is 12.8. The Balaban J connectivity index is 2.57. The third-order valence-corrected chi connectivity index (χ3v) is 2.00. The highest BCUT2D eigenvalue weighted by molar-refractivity contribution is 5.99. The second kappa shape index (κ2) is 4.99. The third kappa shape index (κ3) is 4.38. The van der Waals surface area contributed by atoms with Crippen LogP contribution in [0.1, 0.15) is 23.2 Å². The molecule has 0 spiro atoms. The smallest absolute Gasteiger partial charge is 0.284 e. The van der Waals surface area contributed by atoms with Gasteiger partial charge in [-0.05, 0) is 6.42 Å². The summed E-state index contributed by atoms with van der Waals surface area (Å²) in [5, 5.41) is 3.40. The molecule has 0 saturated carbocycles. The van der Waals surface area contributed by atoms with Crippen molar-refractivity contribution in [3.63, 3.8) is 0 Å². The van der Waals surface area contributed by atoms with E-state index in [0.29, 0.717) is 6.20 Å². The van der Waals surface area contributed by atoms with Gasteiger partial charge in [-0.1, -0.05) is 0 Å². The van der Waals surface area contributed by atoms with Crippen LogP contribution in [0.2, 0.25) is 0 Å². The summed E-state index contributed by atoms with van der Waals surface area (Å²) in [5.41, 5.74) is -0.686. The Hall–Kier alpha value is -1.54. The summed E-state index contributed by atoms with van der Waals surface area (Å²) < 4.78 is 72.4. The zero-order valence-corrected chi connectivity index (χ0v) is 8.85. The minimum absolute atomic E-state index is 0.204. The minimum atomic E-state index is -5.01. The maximum atomic E-state index is 12.0. The zero-order valence-electron chi connectivity index (χ0n) is 8.85. The van der Waals surface area contributed by atoms with E-state index in [4.69, 9.17) is 0 Å². The highest BCUT2D eigenvalue weighted by Gasteiger charge is 2.40. The predicted octanol–water partition coefficient (Wildman–Crippen LogP) is 2.97. The lowest BCUT2D eigenvalue weighted by Gasteiger charge is -2.05. The molecule has 1 aromatic heterocycles. The zero-order chi connectivity index (χ0) is 14.0. The van der Waals surface area contributed by atoms with E-state index in [2.05, 4.69) is 5.10 Å². The molecule has 0 aliphatic rings. The summed E-state index contributed by atoms with van der Waals surface area (Å²) in [4.78, 5) is 10.8. The second-order valence-corrected chi connectivity index (χ2v) is 3.54. The van der Waals surface area contributed by atoms with E-state index < -0.39 is 30.1 Å².